The molecule has 0 amide bonds. The quantitative estimate of drug-likeness (QED) is 0.610. The van der Waals surface area contributed by atoms with Crippen molar-refractivity contribution in [2.75, 3.05) is 26.3 Å². The fourth-order valence-electron chi connectivity index (χ4n) is 2.17. The van der Waals surface area contributed by atoms with E-state index < -0.39 is 4.92 Å². The van der Waals surface area contributed by atoms with Gasteiger partial charge in [-0.3, -0.25) is 15.0 Å². The van der Waals surface area contributed by atoms with Gasteiger partial charge in [-0.15, -0.1) is 0 Å². The standard InChI is InChI=1S/C14H20N2O4/c1-11(2)15-7-8-19-14(9-15)10-20-13-5-3-12(4-6-13)16(17)18/h3-6,11,14H,7-10H2,1-2H3. The van der Waals surface area contributed by atoms with Gasteiger partial charge in [0.25, 0.3) is 5.69 Å². The second kappa shape index (κ2) is 6.67. The number of ether oxygens (including phenoxy) is 2. The third-order valence-corrected chi connectivity index (χ3v) is 3.38. The monoisotopic (exact) mass is 280 g/mol. The number of nitro benzene ring substituents is 1. The van der Waals surface area contributed by atoms with Gasteiger partial charge >= 0.3 is 0 Å². The highest BCUT2D eigenvalue weighted by atomic mass is 16.6. The third kappa shape index (κ3) is 3.91. The highest BCUT2D eigenvalue weighted by molar-refractivity contribution is 5.35. The average Bonchev–Trinajstić information content (AvgIpc) is 2.46. The molecule has 0 aromatic heterocycles. The SMILES string of the molecule is CC(C)N1CCOC(COc2ccc([N+](=O)[O-])cc2)C1. The van der Waals surface area contributed by atoms with Crippen molar-refractivity contribution < 1.29 is 14.4 Å². The number of hydrogen-bond donors (Lipinski definition) is 0. The lowest BCUT2D eigenvalue weighted by Crippen LogP contribution is -2.47. The average molecular weight is 280 g/mol. The van der Waals surface area contributed by atoms with E-state index in [1.54, 1.807) is 12.1 Å². The Hall–Kier alpha value is -1.66. The number of hydrogen-bond acceptors (Lipinski definition) is 5. The molecule has 0 saturated carbocycles. The van der Waals surface area contributed by atoms with Gasteiger partial charge in [0, 0.05) is 31.3 Å². The van der Waals surface area contributed by atoms with E-state index in [2.05, 4.69) is 18.7 Å². The maximum atomic E-state index is 10.6. The third-order valence-electron chi connectivity index (χ3n) is 3.38. The molecule has 110 valence electrons. The molecule has 6 heteroatoms. The Morgan fingerprint density at radius 2 is 2.15 bits per heavy atom. The molecule has 1 atom stereocenters. The number of rotatable bonds is 5. The first kappa shape index (κ1) is 14.7. The zero-order chi connectivity index (χ0) is 14.5. The first-order chi connectivity index (χ1) is 9.56. The van der Waals surface area contributed by atoms with Crippen molar-refractivity contribution in [3.05, 3.63) is 34.4 Å². The number of nitrogens with zero attached hydrogens (tertiary/aromatic N) is 2. The fraction of sp³-hybridized carbons (Fsp3) is 0.571. The summed E-state index contributed by atoms with van der Waals surface area (Å²) in [5, 5.41) is 10.6. The fourth-order valence-corrected chi connectivity index (χ4v) is 2.17. The molecule has 20 heavy (non-hydrogen) atoms. The lowest BCUT2D eigenvalue weighted by molar-refractivity contribution is -0.384. The van der Waals surface area contributed by atoms with E-state index in [1.807, 2.05) is 0 Å². The molecule has 2 rings (SSSR count). The molecule has 1 saturated heterocycles. The van der Waals surface area contributed by atoms with E-state index >= 15 is 0 Å². The van der Waals surface area contributed by atoms with Crippen molar-refractivity contribution in [1.29, 1.82) is 0 Å². The minimum Gasteiger partial charge on any atom is -0.491 e. The molecule has 1 unspecified atom stereocenters. The van der Waals surface area contributed by atoms with Gasteiger partial charge in [-0.1, -0.05) is 0 Å². The summed E-state index contributed by atoms with van der Waals surface area (Å²) in [4.78, 5) is 12.5. The minimum absolute atomic E-state index is 0.0429. The molecule has 0 aliphatic carbocycles. The Bertz CT molecular complexity index is 447. The summed E-state index contributed by atoms with van der Waals surface area (Å²) in [6.45, 7) is 7.31. The van der Waals surface area contributed by atoms with Crippen molar-refractivity contribution in [1.82, 2.24) is 4.90 Å². The van der Waals surface area contributed by atoms with Gasteiger partial charge in [0.1, 0.15) is 18.5 Å². The molecule has 1 aromatic carbocycles. The summed E-state index contributed by atoms with van der Waals surface area (Å²) in [7, 11) is 0. The Morgan fingerprint density at radius 1 is 1.45 bits per heavy atom. The maximum Gasteiger partial charge on any atom is 0.269 e. The van der Waals surface area contributed by atoms with Crippen molar-refractivity contribution >= 4 is 5.69 Å². The minimum atomic E-state index is -0.422. The molecule has 0 bridgehead atoms. The van der Waals surface area contributed by atoms with Gasteiger partial charge in [-0.05, 0) is 26.0 Å². The largest absolute Gasteiger partial charge is 0.491 e. The molecule has 0 N–H and O–H groups in total. The smallest absolute Gasteiger partial charge is 0.269 e. The second-order valence-electron chi connectivity index (χ2n) is 5.14. The Labute approximate surface area is 118 Å². The Balaban J connectivity index is 1.84. The van der Waals surface area contributed by atoms with E-state index in [1.165, 1.54) is 12.1 Å². The topological polar surface area (TPSA) is 64.8 Å². The molecule has 1 aliphatic heterocycles. The molecule has 0 radical (unpaired) electrons. The van der Waals surface area contributed by atoms with Crippen molar-refractivity contribution in [2.45, 2.75) is 26.0 Å². The number of non-ortho nitro benzene ring substituents is 1. The zero-order valence-electron chi connectivity index (χ0n) is 11.8. The molecular formula is C14H20N2O4. The maximum absolute atomic E-state index is 10.6. The molecule has 1 aromatic rings. The van der Waals surface area contributed by atoms with Crippen LogP contribution in [0.4, 0.5) is 5.69 Å². The van der Waals surface area contributed by atoms with Crippen LogP contribution in [0.1, 0.15) is 13.8 Å². The van der Waals surface area contributed by atoms with Crippen LogP contribution in [0.25, 0.3) is 0 Å². The lowest BCUT2D eigenvalue weighted by Gasteiger charge is -2.35. The summed E-state index contributed by atoms with van der Waals surface area (Å²) in [6, 6.07) is 6.61. The molecule has 1 fully saturated rings. The van der Waals surface area contributed by atoms with Crippen LogP contribution in [0.2, 0.25) is 0 Å². The van der Waals surface area contributed by atoms with E-state index in [-0.39, 0.29) is 11.8 Å². The van der Waals surface area contributed by atoms with Crippen LogP contribution in [0.5, 0.6) is 5.75 Å². The van der Waals surface area contributed by atoms with Crippen LogP contribution >= 0.6 is 0 Å². The van der Waals surface area contributed by atoms with Gasteiger partial charge < -0.3 is 9.47 Å². The molecular weight excluding hydrogens is 260 g/mol. The van der Waals surface area contributed by atoms with Gasteiger partial charge in [0.05, 0.1) is 11.5 Å². The van der Waals surface area contributed by atoms with Gasteiger partial charge in [0.2, 0.25) is 0 Å². The van der Waals surface area contributed by atoms with Crippen molar-refractivity contribution in [3.63, 3.8) is 0 Å². The van der Waals surface area contributed by atoms with Crippen molar-refractivity contribution in [2.24, 2.45) is 0 Å². The summed E-state index contributed by atoms with van der Waals surface area (Å²) in [5.74, 6) is 0.626. The summed E-state index contributed by atoms with van der Waals surface area (Å²) in [5.41, 5.74) is 0.0669. The van der Waals surface area contributed by atoms with Gasteiger partial charge in [-0.25, -0.2) is 0 Å². The highest BCUT2D eigenvalue weighted by Crippen LogP contribution is 2.18. The molecule has 1 heterocycles. The number of nitro groups is 1. The Morgan fingerprint density at radius 3 is 2.75 bits per heavy atom. The predicted molar refractivity (Wildman–Crippen MR) is 75.0 cm³/mol. The van der Waals surface area contributed by atoms with Gasteiger partial charge in [-0.2, -0.15) is 0 Å². The van der Waals surface area contributed by atoms with Crippen LogP contribution in [-0.4, -0.2) is 48.3 Å². The summed E-state index contributed by atoms with van der Waals surface area (Å²) in [6.07, 6.45) is 0.0429. The molecule has 0 spiro atoms. The van der Waals surface area contributed by atoms with E-state index in [0.29, 0.717) is 25.0 Å². The number of morpholine rings is 1. The lowest BCUT2D eigenvalue weighted by atomic mass is 10.2. The van der Waals surface area contributed by atoms with Crippen LogP contribution in [0, 0.1) is 10.1 Å². The second-order valence-corrected chi connectivity index (χ2v) is 5.14. The van der Waals surface area contributed by atoms with Crippen LogP contribution < -0.4 is 4.74 Å². The summed E-state index contributed by atoms with van der Waals surface area (Å²) >= 11 is 0. The van der Waals surface area contributed by atoms with E-state index in [4.69, 9.17) is 9.47 Å². The van der Waals surface area contributed by atoms with Crippen molar-refractivity contribution in [3.8, 4) is 5.75 Å². The van der Waals surface area contributed by atoms with E-state index in [9.17, 15) is 10.1 Å². The molecule has 6 nitrogen and oxygen atoms in total. The normalized spacial score (nSPS) is 20.1. The first-order valence-electron chi connectivity index (χ1n) is 6.79. The predicted octanol–water partition coefficient (Wildman–Crippen LogP) is 2.08. The van der Waals surface area contributed by atoms with E-state index in [0.717, 1.165) is 13.1 Å². The van der Waals surface area contributed by atoms with Gasteiger partial charge in [0.15, 0.2) is 0 Å². The Kier molecular flexibility index (Phi) is 4.92. The number of benzene rings is 1. The highest BCUT2D eigenvalue weighted by Gasteiger charge is 2.22. The van der Waals surface area contributed by atoms with Crippen LogP contribution in [0.15, 0.2) is 24.3 Å². The zero-order valence-corrected chi connectivity index (χ0v) is 11.8. The molecule has 1 aliphatic rings. The van der Waals surface area contributed by atoms with Crippen LogP contribution in [0.3, 0.4) is 0 Å². The first-order valence-corrected chi connectivity index (χ1v) is 6.79. The van der Waals surface area contributed by atoms with Crippen LogP contribution in [-0.2, 0) is 4.74 Å². The summed E-state index contributed by atoms with van der Waals surface area (Å²) < 4.78 is 11.3.